The fourth-order valence-corrected chi connectivity index (χ4v) is 2.19. The van der Waals surface area contributed by atoms with Gasteiger partial charge in [0.2, 0.25) is 0 Å². The zero-order valence-electron chi connectivity index (χ0n) is 11.3. The number of nitrogens with one attached hydrogen (secondary N) is 2. The maximum Gasteiger partial charge on any atom is 0.357 e. The molecule has 2 aromatic rings. The lowest BCUT2D eigenvalue weighted by Gasteiger charge is -2.04. The zero-order chi connectivity index (χ0) is 16.3. The number of ether oxygens (including phenoxy) is 1. The van der Waals surface area contributed by atoms with Gasteiger partial charge in [0.15, 0.2) is 0 Å². The molecule has 0 saturated heterocycles. The number of hydrogen-bond donors (Lipinski definition) is 2. The molecule has 1 heterocycles. The Morgan fingerprint density at radius 1 is 1.27 bits per heavy atom. The number of halogens is 1. The van der Waals surface area contributed by atoms with Gasteiger partial charge in [-0.25, -0.2) is 4.79 Å². The zero-order valence-corrected chi connectivity index (χ0v) is 12.8. The van der Waals surface area contributed by atoms with Crippen molar-refractivity contribution in [1.29, 1.82) is 0 Å². The van der Waals surface area contributed by atoms with Crippen molar-refractivity contribution in [3.05, 3.63) is 64.9 Å². The van der Waals surface area contributed by atoms with Crippen LogP contribution in [0.15, 0.2) is 32.3 Å². The molecule has 1 aromatic carbocycles. The summed E-state index contributed by atoms with van der Waals surface area (Å²) in [5.74, 6) is 0.536. The van der Waals surface area contributed by atoms with Crippen LogP contribution in [0, 0.1) is 10.1 Å². The van der Waals surface area contributed by atoms with Gasteiger partial charge in [-0.15, -0.1) is 0 Å². The molecule has 9 heteroatoms. The van der Waals surface area contributed by atoms with Crippen LogP contribution in [0.25, 0.3) is 12.2 Å². The van der Waals surface area contributed by atoms with E-state index in [4.69, 9.17) is 4.74 Å². The van der Waals surface area contributed by atoms with Crippen LogP contribution >= 0.6 is 15.9 Å². The Bertz CT molecular complexity index is 869. The molecule has 0 aliphatic heterocycles. The number of aromatic amines is 2. The van der Waals surface area contributed by atoms with Crippen LogP contribution in [0.3, 0.4) is 0 Å². The van der Waals surface area contributed by atoms with Crippen molar-refractivity contribution in [2.75, 3.05) is 7.11 Å². The largest absolute Gasteiger partial charge is 0.496 e. The number of rotatable bonds is 4. The maximum absolute atomic E-state index is 11.5. The van der Waals surface area contributed by atoms with E-state index >= 15 is 0 Å². The molecular weight excluding hydrogens is 358 g/mol. The number of benzene rings is 1. The van der Waals surface area contributed by atoms with E-state index < -0.39 is 21.9 Å². The molecule has 8 nitrogen and oxygen atoms in total. The van der Waals surface area contributed by atoms with E-state index in [0.29, 0.717) is 11.3 Å². The van der Waals surface area contributed by atoms with E-state index in [1.165, 1.54) is 19.3 Å². The van der Waals surface area contributed by atoms with E-state index in [1.54, 1.807) is 18.2 Å². The van der Waals surface area contributed by atoms with E-state index in [0.717, 1.165) is 4.47 Å². The first kappa shape index (κ1) is 15.7. The molecule has 0 fully saturated rings. The van der Waals surface area contributed by atoms with Gasteiger partial charge in [0, 0.05) is 10.0 Å². The minimum Gasteiger partial charge on any atom is -0.496 e. The monoisotopic (exact) mass is 367 g/mol. The standard InChI is InChI=1S/C13H10BrN3O5/c1-22-10-5-3-8(14)6-7(10)2-4-9-11(17(20)21)12(18)16-13(19)15-9/h2-6H,1H3,(H2,15,16,18,19)/b4-2+. The Kier molecular flexibility index (Phi) is 4.56. The van der Waals surface area contributed by atoms with Gasteiger partial charge < -0.3 is 9.72 Å². The number of nitrogens with zero attached hydrogens (tertiary/aromatic N) is 1. The number of H-pyrrole nitrogens is 2. The van der Waals surface area contributed by atoms with Crippen molar-refractivity contribution < 1.29 is 9.66 Å². The highest BCUT2D eigenvalue weighted by Crippen LogP contribution is 2.25. The normalized spacial score (nSPS) is 10.8. The summed E-state index contributed by atoms with van der Waals surface area (Å²) in [6.45, 7) is 0. The Morgan fingerprint density at radius 3 is 2.64 bits per heavy atom. The van der Waals surface area contributed by atoms with Gasteiger partial charge in [-0.2, -0.15) is 0 Å². The SMILES string of the molecule is COc1ccc(Br)cc1/C=C/c1[nH]c(=O)[nH]c(=O)c1[N+](=O)[O-]. The van der Waals surface area contributed by atoms with Crippen LogP contribution < -0.4 is 16.0 Å². The van der Waals surface area contributed by atoms with Gasteiger partial charge in [-0.3, -0.25) is 19.9 Å². The van der Waals surface area contributed by atoms with E-state index in [9.17, 15) is 19.7 Å². The van der Waals surface area contributed by atoms with Crippen molar-refractivity contribution >= 4 is 33.8 Å². The van der Waals surface area contributed by atoms with Crippen LogP contribution in [0.5, 0.6) is 5.75 Å². The first-order valence-electron chi connectivity index (χ1n) is 5.95. The summed E-state index contributed by atoms with van der Waals surface area (Å²) >= 11 is 3.30. The number of hydrogen-bond acceptors (Lipinski definition) is 5. The molecule has 0 bridgehead atoms. The molecule has 1 aromatic heterocycles. The highest BCUT2D eigenvalue weighted by molar-refractivity contribution is 9.10. The smallest absolute Gasteiger partial charge is 0.357 e. The van der Waals surface area contributed by atoms with Crippen molar-refractivity contribution in [1.82, 2.24) is 9.97 Å². The van der Waals surface area contributed by atoms with Crippen molar-refractivity contribution in [2.45, 2.75) is 0 Å². The Balaban J connectivity index is 2.56. The summed E-state index contributed by atoms with van der Waals surface area (Å²) in [7, 11) is 1.48. The molecule has 2 rings (SSSR count). The molecule has 0 atom stereocenters. The summed E-state index contributed by atoms with van der Waals surface area (Å²) in [5.41, 5.74) is -2.19. The molecule has 22 heavy (non-hydrogen) atoms. The van der Waals surface area contributed by atoms with Gasteiger partial charge in [-0.1, -0.05) is 15.9 Å². The molecular formula is C13H10BrN3O5. The first-order valence-corrected chi connectivity index (χ1v) is 6.74. The predicted molar refractivity (Wildman–Crippen MR) is 84.0 cm³/mol. The number of methoxy groups -OCH3 is 1. The van der Waals surface area contributed by atoms with Gasteiger partial charge in [0.05, 0.1) is 12.0 Å². The molecule has 0 saturated carbocycles. The third kappa shape index (κ3) is 3.31. The van der Waals surface area contributed by atoms with Gasteiger partial charge in [0.1, 0.15) is 11.4 Å². The topological polar surface area (TPSA) is 118 Å². The van der Waals surface area contributed by atoms with Crippen LogP contribution in [0.4, 0.5) is 5.69 Å². The highest BCUT2D eigenvalue weighted by Gasteiger charge is 2.18. The van der Waals surface area contributed by atoms with Crippen LogP contribution in [0.2, 0.25) is 0 Å². The second kappa shape index (κ2) is 6.39. The van der Waals surface area contributed by atoms with Crippen LogP contribution in [-0.2, 0) is 0 Å². The minimum absolute atomic E-state index is 0.194. The summed E-state index contributed by atoms with van der Waals surface area (Å²) in [6.07, 6.45) is 2.78. The average molecular weight is 368 g/mol. The van der Waals surface area contributed by atoms with Gasteiger partial charge in [0.25, 0.3) is 0 Å². The van der Waals surface area contributed by atoms with Crippen LogP contribution in [-0.4, -0.2) is 22.0 Å². The minimum atomic E-state index is -1.06. The fourth-order valence-electron chi connectivity index (χ4n) is 1.81. The maximum atomic E-state index is 11.5. The summed E-state index contributed by atoms with van der Waals surface area (Å²) in [4.78, 5) is 36.9. The van der Waals surface area contributed by atoms with E-state index in [2.05, 4.69) is 20.9 Å². The second-order valence-electron chi connectivity index (χ2n) is 4.15. The van der Waals surface area contributed by atoms with Crippen molar-refractivity contribution in [2.24, 2.45) is 0 Å². The lowest BCUT2D eigenvalue weighted by atomic mass is 10.1. The Labute approximate surface area is 131 Å². The number of aromatic nitrogens is 2. The molecule has 114 valence electrons. The Morgan fingerprint density at radius 2 is 2.00 bits per heavy atom. The predicted octanol–water partition coefficient (Wildman–Crippen LogP) is 1.91. The van der Waals surface area contributed by atoms with E-state index in [1.807, 2.05) is 4.98 Å². The third-order valence-electron chi connectivity index (χ3n) is 2.75. The Hall–Kier alpha value is -2.68. The molecule has 0 aliphatic rings. The summed E-state index contributed by atoms with van der Waals surface area (Å²) in [6, 6.07) is 5.21. The first-order chi connectivity index (χ1) is 10.4. The molecule has 0 spiro atoms. The molecule has 0 radical (unpaired) electrons. The lowest BCUT2D eigenvalue weighted by molar-refractivity contribution is -0.386. The quantitative estimate of drug-likeness (QED) is 0.631. The van der Waals surface area contributed by atoms with Crippen LogP contribution in [0.1, 0.15) is 11.3 Å². The van der Waals surface area contributed by atoms with E-state index in [-0.39, 0.29) is 5.69 Å². The lowest BCUT2D eigenvalue weighted by Crippen LogP contribution is -2.25. The van der Waals surface area contributed by atoms with Gasteiger partial charge in [-0.05, 0) is 30.4 Å². The van der Waals surface area contributed by atoms with Gasteiger partial charge >= 0.3 is 16.9 Å². The molecule has 0 unspecified atom stereocenters. The highest BCUT2D eigenvalue weighted by atomic mass is 79.9. The fraction of sp³-hybridized carbons (Fsp3) is 0.0769. The second-order valence-corrected chi connectivity index (χ2v) is 5.06. The molecule has 0 amide bonds. The molecule has 0 aliphatic carbocycles. The summed E-state index contributed by atoms with van der Waals surface area (Å²) in [5, 5.41) is 10.9. The number of nitro groups is 1. The van der Waals surface area contributed by atoms with Crippen molar-refractivity contribution in [3.63, 3.8) is 0 Å². The third-order valence-corrected chi connectivity index (χ3v) is 3.24. The molecule has 2 N–H and O–H groups in total. The summed E-state index contributed by atoms with van der Waals surface area (Å²) < 4.78 is 5.95. The van der Waals surface area contributed by atoms with Crippen molar-refractivity contribution in [3.8, 4) is 5.75 Å². The average Bonchev–Trinajstić information content (AvgIpc) is 2.44.